The van der Waals surface area contributed by atoms with Crippen molar-refractivity contribution in [2.24, 2.45) is 0 Å². The Bertz CT molecular complexity index is 1130. The number of Topliss-reactive ketones (excluding diaryl/α,β-unsaturated/α-hetero) is 2. The van der Waals surface area contributed by atoms with E-state index in [0.717, 1.165) is 0 Å². The largest absolute Gasteiger partial charge is 0.481 e. The summed E-state index contributed by atoms with van der Waals surface area (Å²) in [5.74, 6) is -1.66. The predicted octanol–water partition coefficient (Wildman–Crippen LogP) is 3.94. The van der Waals surface area contributed by atoms with Gasteiger partial charge in [0.15, 0.2) is 11.6 Å². The number of carbonyl (C=O) groups is 3. The van der Waals surface area contributed by atoms with Crippen LogP contribution in [0.25, 0.3) is 0 Å². The van der Waals surface area contributed by atoms with Crippen LogP contribution in [0.1, 0.15) is 64.9 Å². The van der Waals surface area contributed by atoms with Gasteiger partial charge in [-0.2, -0.15) is 0 Å². The van der Waals surface area contributed by atoms with Gasteiger partial charge in [-0.3, -0.25) is 14.4 Å². The zero-order valence-electron chi connectivity index (χ0n) is 20.9. The van der Waals surface area contributed by atoms with Gasteiger partial charge in [0.2, 0.25) is 0 Å². The first-order valence-corrected chi connectivity index (χ1v) is 11.7. The van der Waals surface area contributed by atoms with Crippen molar-refractivity contribution in [3.63, 3.8) is 0 Å². The Hall–Kier alpha value is -4.09. The van der Waals surface area contributed by atoms with Crippen LogP contribution >= 0.6 is 0 Å². The first-order valence-electron chi connectivity index (χ1n) is 11.7. The van der Waals surface area contributed by atoms with E-state index in [1.54, 1.807) is 51.1 Å². The zero-order valence-corrected chi connectivity index (χ0v) is 20.9. The van der Waals surface area contributed by atoms with Gasteiger partial charge in [-0.25, -0.2) is 0 Å². The van der Waals surface area contributed by atoms with Crippen LogP contribution in [0.5, 0.6) is 0 Å². The molecule has 0 amide bonds. The molecule has 0 bridgehead atoms. The van der Waals surface area contributed by atoms with Crippen molar-refractivity contribution < 1.29 is 39.3 Å². The van der Waals surface area contributed by atoms with Gasteiger partial charge >= 0.3 is 5.97 Å². The molecule has 0 radical (unpaired) electrons. The molecule has 1 aromatic rings. The molecule has 2 atom stereocenters. The number of nitrogens with zero attached hydrogens (tertiary/aromatic N) is 2. The maximum absolute atomic E-state index is 13.6. The summed E-state index contributed by atoms with van der Waals surface area (Å²) in [6.45, 7) is 4.10. The Morgan fingerprint density at radius 2 is 1.57 bits per heavy atom. The number of unbranched alkanes of at least 4 members (excludes halogenated alkanes) is 1. The van der Waals surface area contributed by atoms with Crippen LogP contribution in [-0.4, -0.2) is 45.5 Å². The van der Waals surface area contributed by atoms with E-state index >= 15 is 0 Å². The minimum absolute atomic E-state index is 0.0432. The fourth-order valence-corrected chi connectivity index (χ4v) is 4.79. The van der Waals surface area contributed by atoms with Gasteiger partial charge in [-0.15, -0.1) is 20.2 Å². The molecular weight excluding hydrogens is 488 g/mol. The molecule has 2 unspecified atom stereocenters. The Balaban J connectivity index is 2.45. The Morgan fingerprint density at radius 1 is 0.946 bits per heavy atom. The lowest BCUT2D eigenvalue weighted by Gasteiger charge is -2.39. The van der Waals surface area contributed by atoms with Gasteiger partial charge in [0.05, 0.1) is 0 Å². The van der Waals surface area contributed by atoms with E-state index in [1.165, 1.54) is 0 Å². The number of hydrogen-bond acceptors (Lipinski definition) is 9. The van der Waals surface area contributed by atoms with Crippen LogP contribution in [0.4, 0.5) is 0 Å². The van der Waals surface area contributed by atoms with Crippen LogP contribution in [-0.2, 0) is 29.5 Å². The molecule has 1 aliphatic carbocycles. The molecule has 0 aromatic heterocycles. The Labute approximate surface area is 213 Å². The van der Waals surface area contributed by atoms with E-state index in [0.29, 0.717) is 29.6 Å². The number of carbonyl (C=O) groups excluding carboxylic acids is 2. The normalized spacial score (nSPS) is 16.3. The molecule has 1 N–H and O–H groups in total. The molecule has 0 saturated heterocycles. The molecule has 37 heavy (non-hydrogen) atoms. The molecule has 1 aliphatic rings. The highest BCUT2D eigenvalue weighted by Crippen LogP contribution is 2.46. The Kier molecular flexibility index (Phi) is 10.0. The fraction of sp³-hybridized carbons (Fsp3) is 0.480. The summed E-state index contributed by atoms with van der Waals surface area (Å²) in [6.07, 6.45) is -0.459. The number of allylic oxidation sites excluding steroid dienone is 4. The van der Waals surface area contributed by atoms with E-state index < -0.39 is 34.3 Å². The summed E-state index contributed by atoms with van der Waals surface area (Å²) in [5, 5.41) is 28.6. The van der Waals surface area contributed by atoms with Gasteiger partial charge in [-0.1, -0.05) is 43.2 Å². The average molecular weight is 519 g/mol. The lowest BCUT2D eigenvalue weighted by Crippen LogP contribution is -2.38. The molecule has 0 saturated carbocycles. The van der Waals surface area contributed by atoms with Gasteiger partial charge in [-0.05, 0) is 45.6 Å². The number of rotatable bonds is 15. The number of hydrogen-bond donors (Lipinski definition) is 1. The smallest absolute Gasteiger partial charge is 0.303 e. The van der Waals surface area contributed by atoms with E-state index in [-0.39, 0.29) is 48.4 Å². The molecule has 0 aliphatic heterocycles. The molecule has 2 rings (SSSR count). The first kappa shape index (κ1) is 29.1. The minimum atomic E-state index is -1.18. The second kappa shape index (κ2) is 12.7. The molecule has 0 fully saturated rings. The molecule has 0 heterocycles. The van der Waals surface area contributed by atoms with Crippen LogP contribution in [0.2, 0.25) is 0 Å². The van der Waals surface area contributed by atoms with E-state index in [4.69, 9.17) is 0 Å². The van der Waals surface area contributed by atoms with Crippen molar-refractivity contribution in [1.82, 2.24) is 0 Å². The third kappa shape index (κ3) is 7.21. The Morgan fingerprint density at radius 3 is 2.14 bits per heavy atom. The number of ketones is 2. The molecule has 1 aromatic carbocycles. The van der Waals surface area contributed by atoms with Crippen molar-refractivity contribution in [2.75, 3.05) is 6.61 Å². The monoisotopic (exact) mass is 518 g/mol. The first-order chi connectivity index (χ1) is 17.4. The lowest BCUT2D eigenvalue weighted by atomic mass is 9.62. The highest BCUT2D eigenvalue weighted by molar-refractivity contribution is 6.25. The summed E-state index contributed by atoms with van der Waals surface area (Å²) >= 11 is 0. The molecular formula is C25H30N2O10. The third-order valence-electron chi connectivity index (χ3n) is 6.74. The topological polar surface area (TPSA) is 176 Å². The minimum Gasteiger partial charge on any atom is -0.481 e. The second-order valence-corrected chi connectivity index (χ2v) is 8.97. The summed E-state index contributed by atoms with van der Waals surface area (Å²) in [7, 11) is 0. The molecule has 200 valence electrons. The summed E-state index contributed by atoms with van der Waals surface area (Å²) in [5.41, 5.74) is 0.720. The maximum Gasteiger partial charge on any atom is 0.303 e. The maximum atomic E-state index is 13.6. The van der Waals surface area contributed by atoms with Crippen molar-refractivity contribution in [3.05, 3.63) is 78.4 Å². The van der Waals surface area contributed by atoms with E-state index in [2.05, 4.69) is 9.68 Å². The van der Waals surface area contributed by atoms with Gasteiger partial charge in [0.1, 0.15) is 12.7 Å². The second-order valence-electron chi connectivity index (χ2n) is 8.97. The summed E-state index contributed by atoms with van der Waals surface area (Å²) in [4.78, 5) is 68.2. The van der Waals surface area contributed by atoms with Crippen molar-refractivity contribution in [1.29, 1.82) is 0 Å². The van der Waals surface area contributed by atoms with Crippen LogP contribution in [0.3, 0.4) is 0 Å². The van der Waals surface area contributed by atoms with Crippen molar-refractivity contribution in [2.45, 2.75) is 70.8 Å². The summed E-state index contributed by atoms with van der Waals surface area (Å²) in [6, 6.07) is 8.87. The van der Waals surface area contributed by atoms with Crippen molar-refractivity contribution >= 4 is 17.5 Å². The van der Waals surface area contributed by atoms with E-state index in [1.807, 2.05) is 0 Å². The van der Waals surface area contributed by atoms with Crippen LogP contribution < -0.4 is 0 Å². The standard InChI is InChI=1S/C25H30N2O10/c1-16-17(2)24(31)22(18(3)23(16)30)25(14-12-21(28)29,19-9-5-4-6-10-19)13-8-7-11-20(37-27(34)35)15-36-26(32)33/h4-6,9-10,20H,7-8,11-15H2,1-3H3,(H,28,29). The molecule has 12 heteroatoms. The predicted molar refractivity (Wildman–Crippen MR) is 129 cm³/mol. The number of aliphatic carboxylic acids is 1. The number of carboxylic acid groups (broad SMARTS) is 1. The van der Waals surface area contributed by atoms with E-state index in [9.17, 15) is 39.7 Å². The fourth-order valence-electron chi connectivity index (χ4n) is 4.79. The lowest BCUT2D eigenvalue weighted by molar-refractivity contribution is -0.790. The third-order valence-corrected chi connectivity index (χ3v) is 6.74. The van der Waals surface area contributed by atoms with Gasteiger partial charge < -0.3 is 14.8 Å². The number of benzene rings is 1. The SMILES string of the molecule is CC1=C(C)C(=O)C(C(CCCCC(CO[N+](=O)[O-])O[N+](=O)[O-])(CCC(=O)O)c2ccccc2)=C(C)C1=O. The quantitative estimate of drug-likeness (QED) is 0.155. The van der Waals surface area contributed by atoms with Crippen LogP contribution in [0.15, 0.2) is 52.6 Å². The highest BCUT2D eigenvalue weighted by atomic mass is 17.0. The highest BCUT2D eigenvalue weighted by Gasteiger charge is 2.44. The number of carboxylic acids is 1. The van der Waals surface area contributed by atoms with Gasteiger partial charge in [0, 0.05) is 34.1 Å². The van der Waals surface area contributed by atoms with Gasteiger partial charge in [0.25, 0.3) is 10.2 Å². The zero-order chi connectivity index (χ0) is 27.8. The average Bonchev–Trinajstić information content (AvgIpc) is 2.85. The molecule has 0 spiro atoms. The van der Waals surface area contributed by atoms with Crippen LogP contribution in [0, 0.1) is 20.2 Å². The summed E-state index contributed by atoms with van der Waals surface area (Å²) < 4.78 is 0. The molecule has 12 nitrogen and oxygen atoms in total. The van der Waals surface area contributed by atoms with Crippen molar-refractivity contribution in [3.8, 4) is 0 Å².